The molecule has 5 heteroatoms. The van der Waals surface area contributed by atoms with Crippen molar-refractivity contribution < 1.29 is 18.3 Å². The zero-order valence-electron chi connectivity index (χ0n) is 10.8. The van der Waals surface area contributed by atoms with Crippen LogP contribution in [-0.2, 0) is 0 Å². The molecule has 0 aliphatic rings. The fourth-order valence-corrected chi connectivity index (χ4v) is 2.06. The van der Waals surface area contributed by atoms with Crippen molar-refractivity contribution in [3.63, 3.8) is 0 Å². The maximum absolute atomic E-state index is 13.6. The minimum absolute atomic E-state index is 0.117. The second kappa shape index (κ2) is 5.59. The zero-order valence-corrected chi connectivity index (χ0v) is 11.6. The van der Waals surface area contributed by atoms with Gasteiger partial charge in [0.05, 0.1) is 12.1 Å². The van der Waals surface area contributed by atoms with E-state index in [1.165, 1.54) is 0 Å². The standard InChI is InChI=1S/C15H11ClF2O2/c1-8-3-4-11(16)10(5-8)14(19)9-6-12(17)15(20-2)13(18)7-9/h3-7H,1-2H3. The third-order valence-corrected chi connectivity index (χ3v) is 3.16. The lowest BCUT2D eigenvalue weighted by atomic mass is 10.0. The van der Waals surface area contributed by atoms with Crippen molar-refractivity contribution in [2.75, 3.05) is 7.11 Å². The number of carbonyl (C=O) groups excluding carboxylic acids is 1. The summed E-state index contributed by atoms with van der Waals surface area (Å²) in [4.78, 5) is 12.3. The monoisotopic (exact) mass is 296 g/mol. The average Bonchev–Trinajstić information content (AvgIpc) is 2.40. The number of methoxy groups -OCH3 is 1. The number of ether oxygens (including phenoxy) is 1. The number of hydrogen-bond donors (Lipinski definition) is 0. The van der Waals surface area contributed by atoms with Crippen molar-refractivity contribution in [3.8, 4) is 5.75 Å². The molecule has 0 aliphatic carbocycles. The highest BCUT2D eigenvalue weighted by molar-refractivity contribution is 6.35. The minimum Gasteiger partial charge on any atom is -0.491 e. The molecule has 2 aromatic rings. The Morgan fingerprint density at radius 1 is 1.15 bits per heavy atom. The van der Waals surface area contributed by atoms with Crippen LogP contribution in [0.1, 0.15) is 21.5 Å². The van der Waals surface area contributed by atoms with Gasteiger partial charge >= 0.3 is 0 Å². The molecule has 0 unspecified atom stereocenters. The molecule has 0 aromatic heterocycles. The van der Waals surface area contributed by atoms with E-state index < -0.39 is 23.2 Å². The number of carbonyl (C=O) groups is 1. The molecule has 0 aliphatic heterocycles. The number of halogens is 3. The number of aryl methyl sites for hydroxylation is 1. The van der Waals surface area contributed by atoms with E-state index in [0.717, 1.165) is 24.8 Å². The quantitative estimate of drug-likeness (QED) is 0.795. The fourth-order valence-electron chi connectivity index (χ4n) is 1.85. The maximum Gasteiger partial charge on any atom is 0.194 e. The first-order valence-corrected chi connectivity index (χ1v) is 6.15. The molecule has 0 saturated heterocycles. The topological polar surface area (TPSA) is 26.3 Å². The average molecular weight is 297 g/mol. The Balaban J connectivity index is 2.51. The van der Waals surface area contributed by atoms with E-state index in [4.69, 9.17) is 11.6 Å². The smallest absolute Gasteiger partial charge is 0.194 e. The highest BCUT2D eigenvalue weighted by atomic mass is 35.5. The van der Waals surface area contributed by atoms with Crippen LogP contribution in [0.25, 0.3) is 0 Å². The predicted molar refractivity (Wildman–Crippen MR) is 72.5 cm³/mol. The number of rotatable bonds is 3. The number of hydrogen-bond acceptors (Lipinski definition) is 2. The molecule has 0 fully saturated rings. The summed E-state index contributed by atoms with van der Waals surface area (Å²) in [6, 6.07) is 6.76. The van der Waals surface area contributed by atoms with Crippen molar-refractivity contribution in [2.24, 2.45) is 0 Å². The summed E-state index contributed by atoms with van der Waals surface area (Å²) in [7, 11) is 1.15. The zero-order chi connectivity index (χ0) is 14.9. The van der Waals surface area contributed by atoms with E-state index in [1.807, 2.05) is 0 Å². The van der Waals surface area contributed by atoms with E-state index in [-0.39, 0.29) is 16.1 Å². The van der Waals surface area contributed by atoms with Gasteiger partial charge in [0.15, 0.2) is 23.2 Å². The number of ketones is 1. The first kappa shape index (κ1) is 14.5. The van der Waals surface area contributed by atoms with Crippen LogP contribution in [0.4, 0.5) is 8.78 Å². The Bertz CT molecular complexity index is 661. The minimum atomic E-state index is -0.931. The van der Waals surface area contributed by atoms with Gasteiger partial charge < -0.3 is 4.74 Å². The third kappa shape index (κ3) is 2.65. The van der Waals surface area contributed by atoms with E-state index in [0.29, 0.717) is 0 Å². The van der Waals surface area contributed by atoms with Crippen molar-refractivity contribution in [1.82, 2.24) is 0 Å². The molecule has 0 N–H and O–H groups in total. The van der Waals surface area contributed by atoms with Crippen LogP contribution in [0.15, 0.2) is 30.3 Å². The molecule has 0 atom stereocenters. The SMILES string of the molecule is COc1c(F)cc(C(=O)c2cc(C)ccc2Cl)cc1F. The highest BCUT2D eigenvalue weighted by Gasteiger charge is 2.18. The molecule has 0 spiro atoms. The molecule has 2 nitrogen and oxygen atoms in total. The lowest BCUT2D eigenvalue weighted by Crippen LogP contribution is -2.05. The molecule has 0 bridgehead atoms. The van der Waals surface area contributed by atoms with Crippen molar-refractivity contribution in [1.29, 1.82) is 0 Å². The van der Waals surface area contributed by atoms with Gasteiger partial charge in [-0.3, -0.25) is 4.79 Å². The van der Waals surface area contributed by atoms with Crippen LogP contribution in [0.2, 0.25) is 5.02 Å². The fraction of sp³-hybridized carbons (Fsp3) is 0.133. The van der Waals surface area contributed by atoms with Crippen LogP contribution < -0.4 is 4.74 Å². The molecule has 104 valence electrons. The molecule has 0 saturated carbocycles. The van der Waals surface area contributed by atoms with E-state index in [2.05, 4.69) is 4.74 Å². The van der Waals surface area contributed by atoms with Crippen LogP contribution in [-0.4, -0.2) is 12.9 Å². The van der Waals surface area contributed by atoms with Gasteiger partial charge in [0.25, 0.3) is 0 Å². The lowest BCUT2D eigenvalue weighted by Gasteiger charge is -2.08. The number of benzene rings is 2. The summed E-state index contributed by atoms with van der Waals surface area (Å²) in [5.74, 6) is -2.92. The van der Waals surface area contributed by atoms with Crippen LogP contribution in [0, 0.1) is 18.6 Å². The molecule has 2 aromatic carbocycles. The van der Waals surface area contributed by atoms with Gasteiger partial charge in [0.2, 0.25) is 0 Å². The molecule has 0 heterocycles. The molecular weight excluding hydrogens is 286 g/mol. The Labute approximate surface area is 119 Å². The molecule has 20 heavy (non-hydrogen) atoms. The molecule has 0 amide bonds. The summed E-state index contributed by atoms with van der Waals surface area (Å²) < 4.78 is 31.8. The van der Waals surface area contributed by atoms with E-state index in [1.54, 1.807) is 25.1 Å². The van der Waals surface area contributed by atoms with Crippen LogP contribution in [0.3, 0.4) is 0 Å². The Morgan fingerprint density at radius 3 is 2.30 bits per heavy atom. The lowest BCUT2D eigenvalue weighted by molar-refractivity contribution is 0.103. The Kier molecular flexibility index (Phi) is 4.04. The van der Waals surface area contributed by atoms with E-state index >= 15 is 0 Å². The second-order valence-corrected chi connectivity index (χ2v) is 4.69. The van der Waals surface area contributed by atoms with Gasteiger partial charge in [-0.15, -0.1) is 0 Å². The van der Waals surface area contributed by atoms with Gasteiger partial charge in [-0.1, -0.05) is 23.2 Å². The van der Waals surface area contributed by atoms with Gasteiger partial charge in [0, 0.05) is 11.1 Å². The normalized spacial score (nSPS) is 10.4. The van der Waals surface area contributed by atoms with Crippen LogP contribution >= 0.6 is 11.6 Å². The van der Waals surface area contributed by atoms with Crippen molar-refractivity contribution in [2.45, 2.75) is 6.92 Å². The summed E-state index contributed by atoms with van der Waals surface area (Å²) in [6.07, 6.45) is 0. The summed E-state index contributed by atoms with van der Waals surface area (Å²) in [5.41, 5.74) is 0.913. The van der Waals surface area contributed by atoms with Gasteiger partial charge in [-0.25, -0.2) is 8.78 Å². The summed E-state index contributed by atoms with van der Waals surface area (Å²) >= 11 is 5.95. The molecular formula is C15H11ClF2O2. The summed E-state index contributed by atoms with van der Waals surface area (Å²) in [6.45, 7) is 1.79. The molecule has 2 rings (SSSR count). The maximum atomic E-state index is 13.6. The Hall–Kier alpha value is -1.94. The predicted octanol–water partition coefficient (Wildman–Crippen LogP) is 4.17. The van der Waals surface area contributed by atoms with Gasteiger partial charge in [0.1, 0.15) is 0 Å². The largest absolute Gasteiger partial charge is 0.491 e. The van der Waals surface area contributed by atoms with E-state index in [9.17, 15) is 13.6 Å². The first-order valence-electron chi connectivity index (χ1n) is 5.78. The Morgan fingerprint density at radius 2 is 1.75 bits per heavy atom. The third-order valence-electron chi connectivity index (χ3n) is 2.83. The molecule has 0 radical (unpaired) electrons. The van der Waals surface area contributed by atoms with Gasteiger partial charge in [-0.2, -0.15) is 0 Å². The summed E-state index contributed by atoms with van der Waals surface area (Å²) in [5, 5.41) is 0.234. The highest BCUT2D eigenvalue weighted by Crippen LogP contribution is 2.26. The van der Waals surface area contributed by atoms with Crippen LogP contribution in [0.5, 0.6) is 5.75 Å². The first-order chi connectivity index (χ1) is 9.43. The van der Waals surface area contributed by atoms with Gasteiger partial charge in [-0.05, 0) is 31.2 Å². The second-order valence-electron chi connectivity index (χ2n) is 4.29. The van der Waals surface area contributed by atoms with Crippen molar-refractivity contribution in [3.05, 3.63) is 63.7 Å². The van der Waals surface area contributed by atoms with Crippen molar-refractivity contribution >= 4 is 17.4 Å².